The molecule has 0 amide bonds. The molecule has 1 aromatic rings. The SMILES string of the molecule is COCCNCc1c(Cl)cccc1N(CCOC)C(C)C. The fourth-order valence-corrected chi connectivity index (χ4v) is 2.46. The van der Waals surface area contributed by atoms with Crippen LogP contribution in [0.3, 0.4) is 0 Å². The average Bonchev–Trinajstić information content (AvgIpc) is 2.45. The van der Waals surface area contributed by atoms with Gasteiger partial charge in [0.1, 0.15) is 0 Å². The van der Waals surface area contributed by atoms with E-state index in [4.69, 9.17) is 21.1 Å². The number of benzene rings is 1. The Morgan fingerprint density at radius 3 is 2.52 bits per heavy atom. The predicted octanol–water partition coefficient (Wildman–Crippen LogP) is 2.94. The molecular weight excluding hydrogens is 288 g/mol. The normalized spacial score (nSPS) is 11.1. The Morgan fingerprint density at radius 2 is 1.90 bits per heavy atom. The van der Waals surface area contributed by atoms with Crippen molar-refractivity contribution >= 4 is 17.3 Å². The van der Waals surface area contributed by atoms with Crippen LogP contribution in [-0.2, 0) is 16.0 Å². The molecule has 0 saturated carbocycles. The minimum absolute atomic E-state index is 0.386. The van der Waals surface area contributed by atoms with Crippen molar-refractivity contribution < 1.29 is 9.47 Å². The van der Waals surface area contributed by atoms with E-state index in [9.17, 15) is 0 Å². The largest absolute Gasteiger partial charge is 0.383 e. The summed E-state index contributed by atoms with van der Waals surface area (Å²) < 4.78 is 10.3. The molecule has 0 atom stereocenters. The molecule has 0 fully saturated rings. The van der Waals surface area contributed by atoms with E-state index in [1.54, 1.807) is 14.2 Å². The summed E-state index contributed by atoms with van der Waals surface area (Å²) in [5, 5.41) is 4.16. The number of nitrogens with one attached hydrogen (secondary N) is 1. The molecular formula is C16H27ClN2O2. The van der Waals surface area contributed by atoms with Gasteiger partial charge in [0.2, 0.25) is 0 Å². The first-order chi connectivity index (χ1) is 10.1. The molecule has 0 spiro atoms. The maximum absolute atomic E-state index is 6.40. The summed E-state index contributed by atoms with van der Waals surface area (Å²) in [6, 6.07) is 6.44. The van der Waals surface area contributed by atoms with Crippen molar-refractivity contribution in [2.75, 3.05) is 45.4 Å². The van der Waals surface area contributed by atoms with Crippen LogP contribution in [0, 0.1) is 0 Å². The fraction of sp³-hybridized carbons (Fsp3) is 0.625. The first kappa shape index (κ1) is 18.2. The molecule has 1 aromatic carbocycles. The maximum Gasteiger partial charge on any atom is 0.0637 e. The molecule has 0 radical (unpaired) electrons. The van der Waals surface area contributed by atoms with Crippen LogP contribution in [-0.4, -0.2) is 46.6 Å². The second kappa shape index (κ2) is 10.0. The highest BCUT2D eigenvalue weighted by molar-refractivity contribution is 6.31. The van der Waals surface area contributed by atoms with E-state index < -0.39 is 0 Å². The molecule has 21 heavy (non-hydrogen) atoms. The number of nitrogens with zero attached hydrogens (tertiary/aromatic N) is 1. The van der Waals surface area contributed by atoms with Gasteiger partial charge >= 0.3 is 0 Å². The zero-order valence-corrected chi connectivity index (χ0v) is 14.2. The zero-order chi connectivity index (χ0) is 15.7. The Hall–Kier alpha value is -0.810. The molecule has 0 aliphatic rings. The Bertz CT molecular complexity index is 413. The van der Waals surface area contributed by atoms with Gasteiger partial charge in [-0.05, 0) is 26.0 Å². The molecule has 0 aromatic heterocycles. The van der Waals surface area contributed by atoms with E-state index in [1.165, 1.54) is 5.69 Å². The molecule has 0 saturated heterocycles. The Morgan fingerprint density at radius 1 is 1.19 bits per heavy atom. The predicted molar refractivity (Wildman–Crippen MR) is 89.4 cm³/mol. The fourth-order valence-electron chi connectivity index (χ4n) is 2.23. The van der Waals surface area contributed by atoms with Crippen molar-refractivity contribution in [3.8, 4) is 0 Å². The molecule has 1 rings (SSSR count). The quantitative estimate of drug-likeness (QED) is 0.673. The van der Waals surface area contributed by atoms with Crippen molar-refractivity contribution in [3.63, 3.8) is 0 Å². The van der Waals surface area contributed by atoms with E-state index in [0.29, 0.717) is 19.3 Å². The molecule has 120 valence electrons. The summed E-state index contributed by atoms with van der Waals surface area (Å²) in [4.78, 5) is 2.32. The number of ether oxygens (including phenoxy) is 2. The van der Waals surface area contributed by atoms with E-state index in [-0.39, 0.29) is 0 Å². The number of hydrogen-bond donors (Lipinski definition) is 1. The van der Waals surface area contributed by atoms with Gasteiger partial charge in [-0.3, -0.25) is 0 Å². The third kappa shape index (κ3) is 5.83. The van der Waals surface area contributed by atoms with Gasteiger partial charge in [0.05, 0.1) is 13.2 Å². The molecule has 4 nitrogen and oxygen atoms in total. The molecule has 0 aliphatic carbocycles. The summed E-state index contributed by atoms with van der Waals surface area (Å²) in [6.07, 6.45) is 0. The first-order valence-electron chi connectivity index (χ1n) is 7.34. The highest BCUT2D eigenvalue weighted by Crippen LogP contribution is 2.28. The van der Waals surface area contributed by atoms with Gasteiger partial charge in [0, 0.05) is 56.2 Å². The Kier molecular flexibility index (Phi) is 8.69. The van der Waals surface area contributed by atoms with Gasteiger partial charge < -0.3 is 19.7 Å². The lowest BCUT2D eigenvalue weighted by Crippen LogP contribution is -2.35. The Labute approximate surface area is 133 Å². The van der Waals surface area contributed by atoms with E-state index in [2.05, 4.69) is 30.1 Å². The maximum atomic E-state index is 6.40. The summed E-state index contributed by atoms with van der Waals surface area (Å²) >= 11 is 6.40. The van der Waals surface area contributed by atoms with Crippen LogP contribution in [0.5, 0.6) is 0 Å². The second-order valence-corrected chi connectivity index (χ2v) is 5.59. The minimum atomic E-state index is 0.386. The van der Waals surface area contributed by atoms with Crippen LogP contribution in [0.15, 0.2) is 18.2 Å². The van der Waals surface area contributed by atoms with Gasteiger partial charge in [-0.1, -0.05) is 17.7 Å². The molecule has 0 bridgehead atoms. The molecule has 0 unspecified atom stereocenters. The highest BCUT2D eigenvalue weighted by atomic mass is 35.5. The van der Waals surface area contributed by atoms with Gasteiger partial charge in [0.25, 0.3) is 0 Å². The summed E-state index contributed by atoms with van der Waals surface area (Å²) in [5.41, 5.74) is 2.29. The van der Waals surface area contributed by atoms with Crippen LogP contribution in [0.2, 0.25) is 5.02 Å². The van der Waals surface area contributed by atoms with Crippen molar-refractivity contribution in [1.82, 2.24) is 5.32 Å². The van der Waals surface area contributed by atoms with Gasteiger partial charge in [-0.2, -0.15) is 0 Å². The Balaban J connectivity index is 2.89. The van der Waals surface area contributed by atoms with Crippen LogP contribution in [0.1, 0.15) is 19.4 Å². The van der Waals surface area contributed by atoms with Gasteiger partial charge in [-0.25, -0.2) is 0 Å². The standard InChI is InChI=1S/C16H27ClN2O2/c1-13(2)19(9-11-21-4)16-7-5-6-15(17)14(16)12-18-8-10-20-3/h5-7,13,18H,8-12H2,1-4H3. The van der Waals surface area contributed by atoms with Crippen LogP contribution in [0.25, 0.3) is 0 Å². The van der Waals surface area contributed by atoms with E-state index >= 15 is 0 Å². The number of rotatable bonds is 10. The number of halogens is 1. The highest BCUT2D eigenvalue weighted by Gasteiger charge is 2.16. The third-order valence-electron chi connectivity index (χ3n) is 3.35. The van der Waals surface area contributed by atoms with Gasteiger partial charge in [-0.15, -0.1) is 0 Å². The molecule has 1 N–H and O–H groups in total. The van der Waals surface area contributed by atoms with Crippen molar-refractivity contribution in [2.24, 2.45) is 0 Å². The van der Waals surface area contributed by atoms with Crippen molar-refractivity contribution in [2.45, 2.75) is 26.4 Å². The number of methoxy groups -OCH3 is 2. The lowest BCUT2D eigenvalue weighted by atomic mass is 10.1. The second-order valence-electron chi connectivity index (χ2n) is 5.19. The average molecular weight is 315 g/mol. The van der Waals surface area contributed by atoms with E-state index in [0.717, 1.165) is 30.2 Å². The van der Waals surface area contributed by atoms with Crippen molar-refractivity contribution in [3.05, 3.63) is 28.8 Å². The topological polar surface area (TPSA) is 33.7 Å². The van der Waals surface area contributed by atoms with Crippen LogP contribution in [0.4, 0.5) is 5.69 Å². The monoisotopic (exact) mass is 314 g/mol. The first-order valence-corrected chi connectivity index (χ1v) is 7.72. The lowest BCUT2D eigenvalue weighted by molar-refractivity contribution is 0.199. The summed E-state index contributed by atoms with van der Waals surface area (Å²) in [7, 11) is 3.43. The van der Waals surface area contributed by atoms with Crippen LogP contribution >= 0.6 is 11.6 Å². The number of anilines is 1. The molecule has 0 aliphatic heterocycles. The smallest absolute Gasteiger partial charge is 0.0637 e. The van der Waals surface area contributed by atoms with Crippen molar-refractivity contribution in [1.29, 1.82) is 0 Å². The third-order valence-corrected chi connectivity index (χ3v) is 3.70. The van der Waals surface area contributed by atoms with E-state index in [1.807, 2.05) is 12.1 Å². The molecule has 5 heteroatoms. The lowest BCUT2D eigenvalue weighted by Gasteiger charge is -2.31. The minimum Gasteiger partial charge on any atom is -0.383 e. The van der Waals surface area contributed by atoms with Crippen LogP contribution < -0.4 is 10.2 Å². The van der Waals surface area contributed by atoms with Gasteiger partial charge in [0.15, 0.2) is 0 Å². The zero-order valence-electron chi connectivity index (χ0n) is 13.5. The summed E-state index contributed by atoms with van der Waals surface area (Å²) in [6.45, 7) is 8.13. The summed E-state index contributed by atoms with van der Waals surface area (Å²) in [5.74, 6) is 0. The number of hydrogen-bond acceptors (Lipinski definition) is 4. The molecule has 0 heterocycles.